The maximum Gasteiger partial charge on any atom is 0.296 e. The highest BCUT2D eigenvalue weighted by molar-refractivity contribution is 9.10. The van der Waals surface area contributed by atoms with Gasteiger partial charge in [-0.3, -0.25) is 4.72 Å². The lowest BCUT2D eigenvalue weighted by Crippen LogP contribution is -2.21. The van der Waals surface area contributed by atoms with E-state index in [1.54, 1.807) is 18.2 Å². The molecule has 0 amide bonds. The molecule has 2 rings (SSSR count). The zero-order valence-electron chi connectivity index (χ0n) is 11.4. The number of anilines is 2. The van der Waals surface area contributed by atoms with Gasteiger partial charge in [0.2, 0.25) is 0 Å². The second-order valence-corrected chi connectivity index (χ2v) is 6.82. The first-order chi connectivity index (χ1) is 9.83. The fourth-order valence-electron chi connectivity index (χ4n) is 1.85. The van der Waals surface area contributed by atoms with Crippen molar-refractivity contribution in [1.29, 1.82) is 0 Å². The van der Waals surface area contributed by atoms with Crippen LogP contribution in [0, 0.1) is 6.92 Å². The van der Waals surface area contributed by atoms with Crippen LogP contribution in [0.3, 0.4) is 0 Å². The van der Waals surface area contributed by atoms with Crippen molar-refractivity contribution in [3.8, 4) is 0 Å². The molecule has 0 saturated carbocycles. The summed E-state index contributed by atoms with van der Waals surface area (Å²) in [5, 5.41) is 8.19. The standard InChI is InChI=1S/C14H16BrN3O2S/c1-10-5-6-11(14(15)7-10)9-17-12-3-2-4-13(8-12)18-21(16,19)20/h2-8,17-18H,9H2,1H3,(H2,16,19,20). The summed E-state index contributed by atoms with van der Waals surface area (Å²) in [5.41, 5.74) is 3.52. The molecule has 0 unspecified atom stereocenters. The van der Waals surface area contributed by atoms with Crippen LogP contribution in [0.25, 0.3) is 0 Å². The maximum absolute atomic E-state index is 11.0. The maximum atomic E-state index is 11.0. The van der Waals surface area contributed by atoms with Crippen molar-refractivity contribution in [1.82, 2.24) is 0 Å². The van der Waals surface area contributed by atoms with Gasteiger partial charge >= 0.3 is 0 Å². The third kappa shape index (κ3) is 5.04. The van der Waals surface area contributed by atoms with Gasteiger partial charge in [-0.05, 0) is 42.3 Å². The van der Waals surface area contributed by atoms with E-state index >= 15 is 0 Å². The molecule has 5 nitrogen and oxygen atoms in total. The third-order valence-electron chi connectivity index (χ3n) is 2.81. The van der Waals surface area contributed by atoms with Gasteiger partial charge in [0.1, 0.15) is 0 Å². The highest BCUT2D eigenvalue weighted by Gasteiger charge is 2.04. The number of halogens is 1. The number of benzene rings is 2. The normalized spacial score (nSPS) is 11.2. The van der Waals surface area contributed by atoms with Gasteiger partial charge in [0.15, 0.2) is 0 Å². The summed E-state index contributed by atoms with van der Waals surface area (Å²) < 4.78 is 25.3. The predicted octanol–water partition coefficient (Wildman–Crippen LogP) is 2.99. The van der Waals surface area contributed by atoms with Gasteiger partial charge < -0.3 is 5.32 Å². The summed E-state index contributed by atoms with van der Waals surface area (Å²) in [4.78, 5) is 0. The molecule has 0 aliphatic rings. The Kier molecular flexibility index (Phi) is 4.87. The van der Waals surface area contributed by atoms with Crippen molar-refractivity contribution in [2.45, 2.75) is 13.5 Å². The predicted molar refractivity (Wildman–Crippen MR) is 89.4 cm³/mol. The van der Waals surface area contributed by atoms with Crippen LogP contribution in [0.4, 0.5) is 11.4 Å². The summed E-state index contributed by atoms with van der Waals surface area (Å²) in [6, 6.07) is 13.1. The topological polar surface area (TPSA) is 84.2 Å². The van der Waals surface area contributed by atoms with E-state index in [2.05, 4.69) is 32.0 Å². The molecule has 0 heterocycles. The first-order valence-electron chi connectivity index (χ1n) is 6.23. The minimum absolute atomic E-state index is 0.422. The van der Waals surface area contributed by atoms with Crippen LogP contribution in [0.5, 0.6) is 0 Å². The average Bonchev–Trinajstić information content (AvgIpc) is 2.36. The molecule has 0 atom stereocenters. The zero-order valence-corrected chi connectivity index (χ0v) is 13.8. The van der Waals surface area contributed by atoms with Gasteiger partial charge in [-0.15, -0.1) is 0 Å². The smallest absolute Gasteiger partial charge is 0.296 e. The Morgan fingerprint density at radius 2 is 1.86 bits per heavy atom. The molecule has 2 aromatic carbocycles. The van der Waals surface area contributed by atoms with Crippen LogP contribution in [-0.2, 0) is 16.8 Å². The van der Waals surface area contributed by atoms with E-state index in [9.17, 15) is 8.42 Å². The fraction of sp³-hybridized carbons (Fsp3) is 0.143. The molecule has 0 saturated heterocycles. The van der Waals surface area contributed by atoms with Gasteiger partial charge in [-0.2, -0.15) is 8.42 Å². The number of aryl methyl sites for hydroxylation is 1. The molecule has 0 aliphatic heterocycles. The van der Waals surface area contributed by atoms with E-state index in [1.807, 2.05) is 25.1 Å². The van der Waals surface area contributed by atoms with Crippen molar-refractivity contribution in [3.05, 3.63) is 58.1 Å². The Morgan fingerprint density at radius 3 is 2.52 bits per heavy atom. The number of hydrogen-bond donors (Lipinski definition) is 3. The zero-order chi connectivity index (χ0) is 15.5. The van der Waals surface area contributed by atoms with E-state index in [0.717, 1.165) is 15.7 Å². The number of rotatable bonds is 5. The molecular weight excluding hydrogens is 354 g/mol. The van der Waals surface area contributed by atoms with Crippen molar-refractivity contribution >= 4 is 37.5 Å². The van der Waals surface area contributed by atoms with Gasteiger partial charge in [-0.1, -0.05) is 34.1 Å². The van der Waals surface area contributed by atoms with Crippen LogP contribution in [0.15, 0.2) is 46.9 Å². The molecule has 4 N–H and O–H groups in total. The van der Waals surface area contributed by atoms with Crippen molar-refractivity contribution < 1.29 is 8.42 Å². The monoisotopic (exact) mass is 369 g/mol. The van der Waals surface area contributed by atoms with E-state index in [0.29, 0.717) is 12.2 Å². The van der Waals surface area contributed by atoms with Crippen molar-refractivity contribution in [2.24, 2.45) is 5.14 Å². The summed E-state index contributed by atoms with van der Waals surface area (Å²) in [7, 11) is -3.76. The molecule has 0 radical (unpaired) electrons. The first kappa shape index (κ1) is 15.8. The summed E-state index contributed by atoms with van der Waals surface area (Å²) >= 11 is 3.53. The minimum Gasteiger partial charge on any atom is -0.381 e. The highest BCUT2D eigenvalue weighted by atomic mass is 79.9. The van der Waals surface area contributed by atoms with Gasteiger partial charge in [-0.25, -0.2) is 5.14 Å². The minimum atomic E-state index is -3.76. The molecule has 0 aromatic heterocycles. The fourth-order valence-corrected chi connectivity index (χ4v) is 2.94. The summed E-state index contributed by atoms with van der Waals surface area (Å²) in [6.45, 7) is 2.66. The number of hydrogen-bond acceptors (Lipinski definition) is 3. The second kappa shape index (κ2) is 6.46. The number of nitrogens with two attached hydrogens (primary N) is 1. The van der Waals surface area contributed by atoms with E-state index in [4.69, 9.17) is 5.14 Å². The Bertz CT molecular complexity index is 748. The van der Waals surface area contributed by atoms with Gasteiger partial charge in [0.25, 0.3) is 10.2 Å². The molecule has 0 aliphatic carbocycles. The molecule has 21 heavy (non-hydrogen) atoms. The Morgan fingerprint density at radius 1 is 1.14 bits per heavy atom. The average molecular weight is 370 g/mol. The van der Waals surface area contributed by atoms with Gasteiger partial charge in [0, 0.05) is 16.7 Å². The molecular formula is C14H16BrN3O2S. The van der Waals surface area contributed by atoms with E-state index < -0.39 is 10.2 Å². The Balaban J connectivity index is 2.08. The van der Waals surface area contributed by atoms with Crippen LogP contribution in [0.2, 0.25) is 0 Å². The third-order valence-corrected chi connectivity index (χ3v) is 4.07. The molecule has 2 aromatic rings. The molecule has 0 fully saturated rings. The van der Waals surface area contributed by atoms with Crippen LogP contribution < -0.4 is 15.2 Å². The van der Waals surface area contributed by atoms with Crippen molar-refractivity contribution in [3.63, 3.8) is 0 Å². The van der Waals surface area contributed by atoms with Crippen LogP contribution >= 0.6 is 15.9 Å². The van der Waals surface area contributed by atoms with E-state index in [-0.39, 0.29) is 0 Å². The largest absolute Gasteiger partial charge is 0.381 e. The van der Waals surface area contributed by atoms with Crippen LogP contribution in [0.1, 0.15) is 11.1 Å². The summed E-state index contributed by atoms with van der Waals surface area (Å²) in [6.07, 6.45) is 0. The van der Waals surface area contributed by atoms with E-state index in [1.165, 1.54) is 5.56 Å². The molecule has 0 spiro atoms. The second-order valence-electron chi connectivity index (χ2n) is 4.68. The first-order valence-corrected chi connectivity index (χ1v) is 8.57. The lowest BCUT2D eigenvalue weighted by molar-refractivity contribution is 0.603. The Hall–Kier alpha value is -1.57. The SMILES string of the molecule is Cc1ccc(CNc2cccc(NS(N)(=O)=O)c2)c(Br)c1. The lowest BCUT2D eigenvalue weighted by atomic mass is 10.1. The molecule has 0 bridgehead atoms. The molecule has 7 heteroatoms. The highest BCUT2D eigenvalue weighted by Crippen LogP contribution is 2.21. The van der Waals surface area contributed by atoms with Crippen molar-refractivity contribution in [2.75, 3.05) is 10.0 Å². The van der Waals surface area contributed by atoms with Gasteiger partial charge in [0.05, 0.1) is 5.69 Å². The Labute approximate surface area is 132 Å². The lowest BCUT2D eigenvalue weighted by Gasteiger charge is -2.10. The van der Waals surface area contributed by atoms with Crippen LogP contribution in [-0.4, -0.2) is 8.42 Å². The quantitative estimate of drug-likeness (QED) is 0.757. The summed E-state index contributed by atoms with van der Waals surface area (Å²) in [5.74, 6) is 0. The molecule has 112 valence electrons. The number of nitrogens with one attached hydrogen (secondary N) is 2.